The van der Waals surface area contributed by atoms with Crippen LogP contribution in [0.2, 0.25) is 0 Å². The van der Waals surface area contributed by atoms with E-state index in [9.17, 15) is 4.79 Å². The van der Waals surface area contributed by atoms with Crippen molar-refractivity contribution in [1.29, 1.82) is 0 Å². The fourth-order valence-corrected chi connectivity index (χ4v) is 3.61. The molecular weight excluding hydrogens is 318 g/mol. The van der Waals surface area contributed by atoms with Gasteiger partial charge in [0, 0.05) is 19.7 Å². The van der Waals surface area contributed by atoms with Gasteiger partial charge in [-0.05, 0) is 51.6 Å². The first-order valence-electron chi connectivity index (χ1n) is 9.59. The fraction of sp³-hybridized carbons (Fsp3) is 0.833. The number of carbonyl (C=O) groups is 1. The second-order valence-electron chi connectivity index (χ2n) is 7.66. The van der Waals surface area contributed by atoms with Crippen molar-refractivity contribution >= 4 is 5.91 Å². The third-order valence-corrected chi connectivity index (χ3v) is 5.27. The normalized spacial score (nSPS) is 22.1. The van der Waals surface area contributed by atoms with Gasteiger partial charge in [0.15, 0.2) is 5.69 Å². The Bertz CT molecular complexity index is 580. The number of likely N-dealkylation sites (tertiary alicyclic amines) is 1. The van der Waals surface area contributed by atoms with Crippen LogP contribution in [-0.4, -0.2) is 64.7 Å². The standard InChI is InChI=1S/C18H31N5O2/c1-13(2)7-11-25-16-6-10-22(12-16)18(24)17-14(3)23(21-20-17)15-4-8-19-9-5-15/h13,15-16,19H,4-12H2,1-3H3. The molecule has 1 unspecified atom stereocenters. The Morgan fingerprint density at radius 2 is 2.08 bits per heavy atom. The molecule has 7 nitrogen and oxygen atoms in total. The van der Waals surface area contributed by atoms with E-state index < -0.39 is 0 Å². The third-order valence-electron chi connectivity index (χ3n) is 5.27. The van der Waals surface area contributed by atoms with Crippen LogP contribution in [0.1, 0.15) is 61.8 Å². The number of piperidine rings is 1. The van der Waals surface area contributed by atoms with Crippen LogP contribution in [0.25, 0.3) is 0 Å². The van der Waals surface area contributed by atoms with Crippen molar-refractivity contribution in [2.45, 2.75) is 58.6 Å². The van der Waals surface area contributed by atoms with E-state index in [1.165, 1.54) is 0 Å². The molecule has 2 aliphatic rings. The number of rotatable bonds is 6. The molecule has 1 aromatic rings. The number of aromatic nitrogens is 3. The fourth-order valence-electron chi connectivity index (χ4n) is 3.61. The summed E-state index contributed by atoms with van der Waals surface area (Å²) >= 11 is 0. The van der Waals surface area contributed by atoms with Gasteiger partial charge in [-0.25, -0.2) is 4.68 Å². The summed E-state index contributed by atoms with van der Waals surface area (Å²) in [5.41, 5.74) is 1.39. The van der Waals surface area contributed by atoms with Crippen LogP contribution in [0, 0.1) is 12.8 Å². The number of hydrogen-bond acceptors (Lipinski definition) is 5. The summed E-state index contributed by atoms with van der Waals surface area (Å²) < 4.78 is 7.86. The van der Waals surface area contributed by atoms with Gasteiger partial charge in [-0.3, -0.25) is 4.79 Å². The van der Waals surface area contributed by atoms with Crippen molar-refractivity contribution in [3.63, 3.8) is 0 Å². The van der Waals surface area contributed by atoms with Crippen molar-refractivity contribution in [3.8, 4) is 0 Å². The van der Waals surface area contributed by atoms with Gasteiger partial charge in [0.2, 0.25) is 0 Å². The summed E-state index contributed by atoms with van der Waals surface area (Å²) in [4.78, 5) is 14.7. The van der Waals surface area contributed by atoms with Crippen molar-refractivity contribution in [3.05, 3.63) is 11.4 Å². The molecule has 2 fully saturated rings. The lowest BCUT2D eigenvalue weighted by atomic mass is 10.1. The average Bonchev–Trinajstić information content (AvgIpc) is 3.22. The molecule has 2 aliphatic heterocycles. The summed E-state index contributed by atoms with van der Waals surface area (Å²) in [7, 11) is 0. The summed E-state index contributed by atoms with van der Waals surface area (Å²) in [5, 5.41) is 11.8. The second kappa shape index (κ2) is 8.27. The molecular formula is C18H31N5O2. The number of amides is 1. The Morgan fingerprint density at radius 1 is 1.32 bits per heavy atom. The third kappa shape index (κ3) is 4.39. The lowest BCUT2D eigenvalue weighted by molar-refractivity contribution is 0.0482. The number of ether oxygens (including phenoxy) is 1. The molecule has 1 aromatic heterocycles. The SMILES string of the molecule is Cc1c(C(=O)N2CCC(OCCC(C)C)C2)nnn1C1CCNCC1. The number of carbonyl (C=O) groups excluding carboxylic acids is 1. The van der Waals surface area contributed by atoms with Gasteiger partial charge in [0.05, 0.1) is 17.8 Å². The maximum atomic E-state index is 12.8. The number of nitrogens with zero attached hydrogens (tertiary/aromatic N) is 4. The van der Waals surface area contributed by atoms with Crippen LogP contribution < -0.4 is 5.32 Å². The quantitative estimate of drug-likeness (QED) is 0.848. The molecule has 1 N–H and O–H groups in total. The molecule has 0 aromatic carbocycles. The van der Waals surface area contributed by atoms with Crippen molar-refractivity contribution < 1.29 is 9.53 Å². The molecule has 0 aliphatic carbocycles. The molecule has 0 spiro atoms. The number of hydrogen-bond donors (Lipinski definition) is 1. The molecule has 3 rings (SSSR count). The van der Waals surface area contributed by atoms with E-state index >= 15 is 0 Å². The highest BCUT2D eigenvalue weighted by Gasteiger charge is 2.31. The minimum atomic E-state index is -0.00681. The predicted molar refractivity (Wildman–Crippen MR) is 95.6 cm³/mol. The maximum absolute atomic E-state index is 12.8. The van der Waals surface area contributed by atoms with Gasteiger partial charge in [-0.1, -0.05) is 19.1 Å². The second-order valence-corrected chi connectivity index (χ2v) is 7.66. The molecule has 25 heavy (non-hydrogen) atoms. The molecule has 0 radical (unpaired) electrons. The van der Waals surface area contributed by atoms with Crippen LogP contribution in [0.4, 0.5) is 0 Å². The zero-order valence-electron chi connectivity index (χ0n) is 15.7. The van der Waals surface area contributed by atoms with Gasteiger partial charge in [0.1, 0.15) is 0 Å². The molecule has 0 saturated carbocycles. The highest BCUT2D eigenvalue weighted by Crippen LogP contribution is 2.22. The van der Waals surface area contributed by atoms with Crippen LogP contribution in [0.15, 0.2) is 0 Å². The number of nitrogens with one attached hydrogen (secondary N) is 1. The molecule has 1 amide bonds. The smallest absolute Gasteiger partial charge is 0.276 e. The molecule has 7 heteroatoms. The first-order chi connectivity index (χ1) is 12.1. The Kier molecular flexibility index (Phi) is 6.06. The highest BCUT2D eigenvalue weighted by atomic mass is 16.5. The molecule has 140 valence electrons. The Hall–Kier alpha value is -1.47. The molecule has 1 atom stereocenters. The van der Waals surface area contributed by atoms with Gasteiger partial charge in [-0.2, -0.15) is 0 Å². The van der Waals surface area contributed by atoms with E-state index in [-0.39, 0.29) is 12.0 Å². The van der Waals surface area contributed by atoms with E-state index in [2.05, 4.69) is 29.5 Å². The first kappa shape index (κ1) is 18.3. The topological polar surface area (TPSA) is 72.3 Å². The van der Waals surface area contributed by atoms with Crippen LogP contribution in [0.3, 0.4) is 0 Å². The van der Waals surface area contributed by atoms with Gasteiger partial charge < -0.3 is 15.0 Å². The zero-order chi connectivity index (χ0) is 17.8. The van der Waals surface area contributed by atoms with Gasteiger partial charge >= 0.3 is 0 Å². The van der Waals surface area contributed by atoms with E-state index in [0.717, 1.165) is 57.6 Å². The summed E-state index contributed by atoms with van der Waals surface area (Å²) in [6.07, 6.45) is 4.20. The van der Waals surface area contributed by atoms with E-state index in [0.29, 0.717) is 24.2 Å². The van der Waals surface area contributed by atoms with E-state index in [1.54, 1.807) is 0 Å². The largest absolute Gasteiger partial charge is 0.376 e. The van der Waals surface area contributed by atoms with E-state index in [1.807, 2.05) is 16.5 Å². The predicted octanol–water partition coefficient (Wildman–Crippen LogP) is 1.79. The van der Waals surface area contributed by atoms with Crippen LogP contribution >= 0.6 is 0 Å². The van der Waals surface area contributed by atoms with Crippen molar-refractivity contribution in [2.24, 2.45) is 5.92 Å². The summed E-state index contributed by atoms with van der Waals surface area (Å²) in [5.74, 6) is 0.638. The average molecular weight is 349 g/mol. The monoisotopic (exact) mass is 349 g/mol. The Balaban J connectivity index is 1.57. The Morgan fingerprint density at radius 3 is 2.80 bits per heavy atom. The molecule has 2 saturated heterocycles. The van der Waals surface area contributed by atoms with Crippen LogP contribution in [0.5, 0.6) is 0 Å². The molecule has 0 bridgehead atoms. The zero-order valence-corrected chi connectivity index (χ0v) is 15.7. The maximum Gasteiger partial charge on any atom is 0.276 e. The lowest BCUT2D eigenvalue weighted by Crippen LogP contribution is -2.32. The van der Waals surface area contributed by atoms with Gasteiger partial charge in [0.25, 0.3) is 5.91 Å². The first-order valence-corrected chi connectivity index (χ1v) is 9.59. The summed E-state index contributed by atoms with van der Waals surface area (Å²) in [6, 6.07) is 0.348. The minimum absolute atomic E-state index is 0.00681. The van der Waals surface area contributed by atoms with Crippen molar-refractivity contribution in [1.82, 2.24) is 25.2 Å². The van der Waals surface area contributed by atoms with E-state index in [4.69, 9.17) is 4.74 Å². The van der Waals surface area contributed by atoms with Gasteiger partial charge in [-0.15, -0.1) is 5.10 Å². The van der Waals surface area contributed by atoms with Crippen molar-refractivity contribution in [2.75, 3.05) is 32.8 Å². The van der Waals surface area contributed by atoms with Crippen LogP contribution in [-0.2, 0) is 4.74 Å². The Labute approximate surface area is 150 Å². The lowest BCUT2D eigenvalue weighted by Gasteiger charge is -2.23. The molecule has 3 heterocycles. The highest BCUT2D eigenvalue weighted by molar-refractivity contribution is 5.93. The minimum Gasteiger partial charge on any atom is -0.376 e. The summed E-state index contributed by atoms with van der Waals surface area (Å²) in [6.45, 7) is 10.5.